The molecule has 0 saturated heterocycles. The van der Waals surface area contributed by atoms with Gasteiger partial charge in [0.1, 0.15) is 11.6 Å². The number of ether oxygens (including phenoxy) is 2. The molecule has 224 valence electrons. The van der Waals surface area contributed by atoms with Crippen LogP contribution in [0.3, 0.4) is 0 Å². The van der Waals surface area contributed by atoms with E-state index in [0.29, 0.717) is 22.3 Å². The number of phosphoric acid groups is 1. The van der Waals surface area contributed by atoms with Gasteiger partial charge >= 0.3 is 37.4 Å². The van der Waals surface area contributed by atoms with E-state index in [1.807, 2.05) is 0 Å². The summed E-state index contributed by atoms with van der Waals surface area (Å²) in [5.74, 6) is -1.36. The van der Waals surface area contributed by atoms with Crippen LogP contribution in [0.25, 0.3) is 0 Å². The van der Waals surface area contributed by atoms with Crippen LogP contribution >= 0.6 is 7.82 Å². The van der Waals surface area contributed by atoms with Crippen molar-refractivity contribution < 1.29 is 75.9 Å². The number of hydrogen-bond acceptors (Lipinski definition) is 8. The first-order valence-electron chi connectivity index (χ1n) is 13.2. The predicted molar refractivity (Wildman–Crippen MR) is 153 cm³/mol. The second kappa shape index (κ2) is 16.0. The average molecular weight is 633 g/mol. The van der Waals surface area contributed by atoms with Crippen LogP contribution in [0.4, 0.5) is 8.78 Å². The van der Waals surface area contributed by atoms with Crippen LogP contribution in [0, 0.1) is 11.6 Å². The van der Waals surface area contributed by atoms with Gasteiger partial charge in [-0.3, -0.25) is 9.59 Å². The number of ketones is 2. The van der Waals surface area contributed by atoms with Crippen LogP contribution in [0.2, 0.25) is 0 Å². The molecule has 8 nitrogen and oxygen atoms in total. The summed E-state index contributed by atoms with van der Waals surface area (Å²) >= 11 is 0. The summed E-state index contributed by atoms with van der Waals surface area (Å²) in [6.45, 7) is 0. The van der Waals surface area contributed by atoms with Gasteiger partial charge in [-0.2, -0.15) is 0 Å². The molecule has 4 rings (SSSR count). The molecule has 0 N–H and O–H groups in total. The summed E-state index contributed by atoms with van der Waals surface area (Å²) in [5, 5.41) is 0. The van der Waals surface area contributed by atoms with Crippen molar-refractivity contribution in [2.45, 2.75) is 25.7 Å². The van der Waals surface area contributed by atoms with E-state index < -0.39 is 19.5 Å². The van der Waals surface area contributed by atoms with Crippen molar-refractivity contribution in [2.75, 3.05) is 14.2 Å². The number of benzene rings is 4. The zero-order valence-electron chi connectivity index (χ0n) is 24.4. The number of carbonyl (C=O) groups excluding carboxylic acids is 2. The van der Waals surface area contributed by atoms with Gasteiger partial charge in [0.15, 0.2) is 34.6 Å². The summed E-state index contributed by atoms with van der Waals surface area (Å²) in [5.41, 5.74) is 1.91. The maximum atomic E-state index is 13.2. The molecule has 0 aliphatic rings. The Labute approximate surface area is 275 Å². The number of rotatable bonds is 14. The second-order valence-electron chi connectivity index (χ2n) is 9.46. The molecule has 0 aliphatic heterocycles. The summed E-state index contributed by atoms with van der Waals surface area (Å²) < 4.78 is 60.3. The van der Waals surface area contributed by atoms with Crippen LogP contribution < -0.4 is 53.0 Å². The summed E-state index contributed by atoms with van der Waals surface area (Å²) in [7, 11) is -2.37. The first-order valence-corrected chi connectivity index (χ1v) is 14.6. The Morgan fingerprint density at radius 2 is 1.00 bits per heavy atom. The molecule has 44 heavy (non-hydrogen) atoms. The van der Waals surface area contributed by atoms with Gasteiger partial charge in [0.2, 0.25) is 0 Å². The average Bonchev–Trinajstić information content (AvgIpc) is 2.99. The molecule has 0 aliphatic carbocycles. The number of Topliss-reactive ketones (excluding diaryl/α,β-unsaturated/α-hetero) is 2. The van der Waals surface area contributed by atoms with Crippen LogP contribution in [0.1, 0.15) is 44.7 Å². The molecule has 12 heteroatoms. The molecule has 0 bridgehead atoms. The van der Waals surface area contributed by atoms with Crippen molar-refractivity contribution in [3.8, 4) is 23.0 Å². The fourth-order valence-corrected chi connectivity index (χ4v) is 5.04. The number of carbonyl (C=O) groups is 2. The Bertz CT molecular complexity index is 1530. The van der Waals surface area contributed by atoms with Crippen LogP contribution in [0.15, 0.2) is 84.9 Å². The maximum absolute atomic E-state index is 13.2. The minimum absolute atomic E-state index is 0. The number of methoxy groups -OCH3 is 2. The number of aryl methyl sites for hydroxylation is 2. The third-order valence-electron chi connectivity index (χ3n) is 6.49. The van der Waals surface area contributed by atoms with Crippen LogP contribution in [-0.4, -0.2) is 25.8 Å². The SMILES string of the molecule is COc1ccc(CCC(=O)c2ccc(F)cc2)cc1OP(=O)([O-])Oc1cc(CCC(=O)c2ccc(F)cc2)ccc1OC.[Na+]. The van der Waals surface area contributed by atoms with Gasteiger partial charge in [0.05, 0.1) is 14.2 Å². The molecule has 0 radical (unpaired) electrons. The van der Waals surface area contributed by atoms with Crippen LogP contribution in [0.5, 0.6) is 23.0 Å². The largest absolute Gasteiger partial charge is 1.00 e. The van der Waals surface area contributed by atoms with Crippen molar-refractivity contribution in [3.63, 3.8) is 0 Å². The summed E-state index contributed by atoms with van der Waals surface area (Å²) in [6.07, 6.45) is 0.702. The number of hydrogen-bond donors (Lipinski definition) is 0. The third-order valence-corrected chi connectivity index (χ3v) is 7.33. The first-order chi connectivity index (χ1) is 20.6. The predicted octanol–water partition coefficient (Wildman–Crippen LogP) is 3.54. The van der Waals surface area contributed by atoms with Gasteiger partial charge in [0.25, 0.3) is 0 Å². The molecule has 0 unspecified atom stereocenters. The monoisotopic (exact) mass is 632 g/mol. The molecule has 0 atom stereocenters. The van der Waals surface area contributed by atoms with Crippen molar-refractivity contribution in [2.24, 2.45) is 0 Å². The first kappa shape index (κ1) is 35.0. The van der Waals surface area contributed by atoms with Gasteiger partial charge in [-0.05, 0) is 96.8 Å². The molecule has 0 saturated carbocycles. The Balaban J connectivity index is 0.00000529. The minimum atomic E-state index is -5.05. The molecule has 0 heterocycles. The molecule has 0 fully saturated rings. The summed E-state index contributed by atoms with van der Waals surface area (Å²) in [6, 6.07) is 19.6. The van der Waals surface area contributed by atoms with E-state index >= 15 is 0 Å². The van der Waals surface area contributed by atoms with Gasteiger partial charge in [0, 0.05) is 24.0 Å². The Hall–Kier alpha value is -3.53. The second-order valence-corrected chi connectivity index (χ2v) is 10.7. The minimum Gasteiger partial charge on any atom is -0.736 e. The molecular weight excluding hydrogens is 604 g/mol. The van der Waals surface area contributed by atoms with E-state index in [9.17, 15) is 27.8 Å². The smallest absolute Gasteiger partial charge is 0.736 e. The zero-order chi connectivity index (χ0) is 31.0. The topological polar surface area (TPSA) is 111 Å². The molecule has 0 spiro atoms. The molecule has 0 aromatic heterocycles. The third kappa shape index (κ3) is 9.74. The van der Waals surface area contributed by atoms with E-state index in [1.54, 1.807) is 12.1 Å². The van der Waals surface area contributed by atoms with Crippen LogP contribution in [-0.2, 0) is 17.4 Å². The van der Waals surface area contributed by atoms with Crippen molar-refractivity contribution in [1.82, 2.24) is 0 Å². The van der Waals surface area contributed by atoms with E-state index in [2.05, 4.69) is 0 Å². The number of phosphoric ester groups is 1. The normalized spacial score (nSPS) is 10.8. The Morgan fingerprint density at radius 1 is 0.636 bits per heavy atom. The zero-order valence-corrected chi connectivity index (χ0v) is 27.3. The van der Waals surface area contributed by atoms with Crippen molar-refractivity contribution in [1.29, 1.82) is 0 Å². The van der Waals surface area contributed by atoms with Gasteiger partial charge in [-0.1, -0.05) is 12.1 Å². The van der Waals surface area contributed by atoms with E-state index in [4.69, 9.17) is 18.5 Å². The van der Waals surface area contributed by atoms with Gasteiger partial charge in [-0.15, -0.1) is 0 Å². The Morgan fingerprint density at radius 3 is 1.34 bits per heavy atom. The van der Waals surface area contributed by atoms with Crippen molar-refractivity contribution in [3.05, 3.63) is 119 Å². The Kier molecular flexibility index (Phi) is 12.7. The standard InChI is InChI=1S/C32H29F2O8P.Na/c1-39-29-17-5-21(3-15-27(35)23-7-11-25(33)12-8-23)19-31(29)41-43(37,38)42-32-20-22(6-18-30(32)40-2)4-16-28(36)24-9-13-26(34)14-10-24;/h5-14,17-20H,3-4,15-16H2,1-2H3,(H,37,38);/q;+1/p-1. The van der Waals surface area contributed by atoms with Crippen molar-refractivity contribution >= 4 is 19.4 Å². The van der Waals surface area contributed by atoms with E-state index in [-0.39, 0.29) is 89.8 Å². The molecule has 4 aromatic carbocycles. The van der Waals surface area contributed by atoms with Gasteiger partial charge < -0.3 is 23.4 Å². The fourth-order valence-electron chi connectivity index (χ4n) is 4.23. The maximum Gasteiger partial charge on any atom is 1.00 e. The number of halogens is 2. The van der Waals surface area contributed by atoms with E-state index in [0.717, 1.165) is 0 Å². The molecular formula is C32H28F2NaO8P. The molecule has 0 amide bonds. The quantitative estimate of drug-likeness (QED) is 0.118. The van der Waals surface area contributed by atoms with E-state index in [1.165, 1.54) is 87.0 Å². The fraction of sp³-hybridized carbons (Fsp3) is 0.188. The molecule has 4 aromatic rings. The van der Waals surface area contributed by atoms with Gasteiger partial charge in [-0.25, -0.2) is 13.3 Å². The summed E-state index contributed by atoms with van der Waals surface area (Å²) in [4.78, 5) is 38.0.